The maximum absolute atomic E-state index is 5.46. The number of ether oxygens (including phenoxy) is 1. The summed E-state index contributed by atoms with van der Waals surface area (Å²) >= 11 is 0. The third-order valence-electron chi connectivity index (χ3n) is 2.44. The normalized spacial score (nSPS) is 14.6. The molecular formula is C13H15NO. The molecule has 1 aliphatic carbocycles. The van der Waals surface area contributed by atoms with Crippen molar-refractivity contribution in [3.05, 3.63) is 29.8 Å². The second-order valence-electron chi connectivity index (χ2n) is 3.76. The van der Waals surface area contributed by atoms with Gasteiger partial charge in [0.15, 0.2) is 0 Å². The highest BCUT2D eigenvalue weighted by Gasteiger charge is 2.20. The molecule has 1 saturated carbocycles. The molecule has 0 aromatic heterocycles. The lowest BCUT2D eigenvalue weighted by atomic mass is 10.2. The van der Waals surface area contributed by atoms with Crippen LogP contribution in [-0.4, -0.2) is 12.6 Å². The van der Waals surface area contributed by atoms with E-state index >= 15 is 0 Å². The predicted octanol–water partition coefficient (Wildman–Crippen LogP) is 1.95. The van der Waals surface area contributed by atoms with Gasteiger partial charge in [-0.2, -0.15) is 0 Å². The SMILES string of the molecule is C#CCOc1ccccc1CNC1CC1. The van der Waals surface area contributed by atoms with Gasteiger partial charge >= 0.3 is 0 Å². The first-order chi connectivity index (χ1) is 7.40. The molecule has 0 aliphatic heterocycles. The van der Waals surface area contributed by atoms with E-state index in [4.69, 9.17) is 11.2 Å². The fourth-order valence-electron chi connectivity index (χ4n) is 1.45. The number of nitrogens with one attached hydrogen (secondary N) is 1. The molecule has 0 saturated heterocycles. The maximum atomic E-state index is 5.46. The Balaban J connectivity index is 1.96. The predicted molar refractivity (Wildman–Crippen MR) is 60.6 cm³/mol. The molecule has 0 atom stereocenters. The Morgan fingerprint density at radius 1 is 1.40 bits per heavy atom. The molecule has 2 heteroatoms. The van der Waals surface area contributed by atoms with Crippen LogP contribution in [0.5, 0.6) is 5.75 Å². The van der Waals surface area contributed by atoms with Gasteiger partial charge < -0.3 is 10.1 Å². The lowest BCUT2D eigenvalue weighted by Crippen LogP contribution is -2.16. The van der Waals surface area contributed by atoms with Crippen molar-refractivity contribution in [2.75, 3.05) is 6.61 Å². The van der Waals surface area contributed by atoms with Crippen LogP contribution in [0.25, 0.3) is 0 Å². The van der Waals surface area contributed by atoms with Gasteiger partial charge in [-0.25, -0.2) is 0 Å². The highest BCUT2D eigenvalue weighted by atomic mass is 16.5. The third-order valence-corrected chi connectivity index (χ3v) is 2.44. The van der Waals surface area contributed by atoms with Gasteiger partial charge in [0.25, 0.3) is 0 Å². The van der Waals surface area contributed by atoms with E-state index in [1.807, 2.05) is 18.2 Å². The Kier molecular flexibility index (Phi) is 3.26. The zero-order valence-electron chi connectivity index (χ0n) is 8.70. The van der Waals surface area contributed by atoms with E-state index in [0.29, 0.717) is 12.6 Å². The molecule has 2 nitrogen and oxygen atoms in total. The minimum absolute atomic E-state index is 0.334. The molecule has 2 rings (SSSR count). The topological polar surface area (TPSA) is 21.3 Å². The quantitative estimate of drug-likeness (QED) is 0.735. The summed E-state index contributed by atoms with van der Waals surface area (Å²) in [5.41, 5.74) is 1.18. The van der Waals surface area contributed by atoms with Crippen molar-refractivity contribution in [2.24, 2.45) is 0 Å². The molecule has 1 aromatic rings. The average Bonchev–Trinajstić information content (AvgIpc) is 3.08. The van der Waals surface area contributed by atoms with Crippen LogP contribution in [-0.2, 0) is 6.54 Å². The van der Waals surface area contributed by atoms with Crippen LogP contribution in [0.3, 0.4) is 0 Å². The van der Waals surface area contributed by atoms with Crippen LogP contribution < -0.4 is 10.1 Å². The largest absolute Gasteiger partial charge is 0.481 e. The third kappa shape index (κ3) is 3.00. The van der Waals surface area contributed by atoms with Crippen molar-refractivity contribution in [2.45, 2.75) is 25.4 Å². The molecule has 1 aliphatic rings. The molecule has 0 bridgehead atoms. The van der Waals surface area contributed by atoms with Gasteiger partial charge in [-0.05, 0) is 18.9 Å². The van der Waals surface area contributed by atoms with Crippen molar-refractivity contribution < 1.29 is 4.74 Å². The fraction of sp³-hybridized carbons (Fsp3) is 0.385. The smallest absolute Gasteiger partial charge is 0.148 e. The lowest BCUT2D eigenvalue weighted by molar-refractivity contribution is 0.364. The number of terminal acetylenes is 1. The first-order valence-electron chi connectivity index (χ1n) is 5.27. The number of benzene rings is 1. The molecule has 0 unspecified atom stereocenters. The molecule has 1 aromatic carbocycles. The summed E-state index contributed by atoms with van der Waals surface area (Å²) < 4.78 is 5.46. The average molecular weight is 201 g/mol. The second-order valence-corrected chi connectivity index (χ2v) is 3.76. The van der Waals surface area contributed by atoms with Gasteiger partial charge in [-0.1, -0.05) is 24.1 Å². The molecule has 78 valence electrons. The summed E-state index contributed by atoms with van der Waals surface area (Å²) in [4.78, 5) is 0. The first-order valence-corrected chi connectivity index (χ1v) is 5.27. The van der Waals surface area contributed by atoms with Gasteiger partial charge in [0.1, 0.15) is 12.4 Å². The highest BCUT2D eigenvalue weighted by Crippen LogP contribution is 2.22. The van der Waals surface area contributed by atoms with E-state index in [2.05, 4.69) is 17.3 Å². The molecule has 0 amide bonds. The Morgan fingerprint density at radius 2 is 2.20 bits per heavy atom. The monoisotopic (exact) mass is 201 g/mol. The van der Waals surface area contributed by atoms with E-state index in [1.54, 1.807) is 0 Å². The van der Waals surface area contributed by atoms with Crippen LogP contribution in [0.4, 0.5) is 0 Å². The highest BCUT2D eigenvalue weighted by molar-refractivity contribution is 5.33. The minimum atomic E-state index is 0.334. The molecule has 1 N–H and O–H groups in total. The van der Waals surface area contributed by atoms with Gasteiger partial charge in [0.2, 0.25) is 0 Å². The zero-order valence-corrected chi connectivity index (χ0v) is 8.70. The van der Waals surface area contributed by atoms with E-state index in [0.717, 1.165) is 12.3 Å². The summed E-state index contributed by atoms with van der Waals surface area (Å²) in [6.45, 7) is 1.20. The summed E-state index contributed by atoms with van der Waals surface area (Å²) in [5, 5.41) is 3.46. The summed E-state index contributed by atoms with van der Waals surface area (Å²) in [7, 11) is 0. The second kappa shape index (κ2) is 4.86. The van der Waals surface area contributed by atoms with Crippen LogP contribution in [0.2, 0.25) is 0 Å². The van der Waals surface area contributed by atoms with Crippen molar-refractivity contribution in [3.8, 4) is 18.1 Å². The van der Waals surface area contributed by atoms with Crippen LogP contribution >= 0.6 is 0 Å². The Morgan fingerprint density at radius 3 is 2.93 bits per heavy atom. The Bertz CT molecular complexity index is 363. The summed E-state index contributed by atoms with van der Waals surface area (Å²) in [5.74, 6) is 3.37. The van der Waals surface area contributed by atoms with Crippen molar-refractivity contribution >= 4 is 0 Å². The van der Waals surface area contributed by atoms with Gasteiger partial charge in [-0.15, -0.1) is 6.42 Å². The molecule has 15 heavy (non-hydrogen) atoms. The Labute approximate surface area is 90.6 Å². The molecule has 0 spiro atoms. The van der Waals surface area contributed by atoms with E-state index in [-0.39, 0.29) is 0 Å². The number of hydrogen-bond donors (Lipinski definition) is 1. The summed E-state index contributed by atoms with van der Waals surface area (Å²) in [6, 6.07) is 8.73. The first kappa shape index (κ1) is 10.1. The van der Waals surface area contributed by atoms with Crippen LogP contribution in [0, 0.1) is 12.3 Å². The standard InChI is InChI=1S/C13H15NO/c1-2-9-15-13-6-4-3-5-11(13)10-14-12-7-8-12/h1,3-6,12,14H,7-10H2. The van der Waals surface area contributed by atoms with Crippen molar-refractivity contribution in [1.29, 1.82) is 0 Å². The maximum Gasteiger partial charge on any atom is 0.148 e. The molecule has 0 heterocycles. The van der Waals surface area contributed by atoms with Gasteiger partial charge in [0.05, 0.1) is 0 Å². The molecule has 0 radical (unpaired) electrons. The molecular weight excluding hydrogens is 186 g/mol. The van der Waals surface area contributed by atoms with Gasteiger partial charge in [0, 0.05) is 18.2 Å². The van der Waals surface area contributed by atoms with Crippen LogP contribution in [0.1, 0.15) is 18.4 Å². The minimum Gasteiger partial charge on any atom is -0.481 e. The molecule has 1 fully saturated rings. The van der Waals surface area contributed by atoms with Gasteiger partial charge in [-0.3, -0.25) is 0 Å². The van der Waals surface area contributed by atoms with Crippen molar-refractivity contribution in [1.82, 2.24) is 5.32 Å². The van der Waals surface area contributed by atoms with E-state index in [9.17, 15) is 0 Å². The zero-order chi connectivity index (χ0) is 10.5. The number of hydrogen-bond acceptors (Lipinski definition) is 2. The van der Waals surface area contributed by atoms with E-state index < -0.39 is 0 Å². The number of para-hydroxylation sites is 1. The number of rotatable bonds is 5. The Hall–Kier alpha value is -1.46. The van der Waals surface area contributed by atoms with Crippen LogP contribution in [0.15, 0.2) is 24.3 Å². The van der Waals surface area contributed by atoms with Crippen molar-refractivity contribution in [3.63, 3.8) is 0 Å². The van der Waals surface area contributed by atoms with E-state index in [1.165, 1.54) is 18.4 Å². The summed E-state index contributed by atoms with van der Waals surface area (Å²) in [6.07, 6.45) is 7.77. The fourth-order valence-corrected chi connectivity index (χ4v) is 1.45. The lowest BCUT2D eigenvalue weighted by Gasteiger charge is -2.09.